The van der Waals surface area contributed by atoms with E-state index in [9.17, 15) is 17.2 Å². The summed E-state index contributed by atoms with van der Waals surface area (Å²) in [5, 5.41) is -0.913. The zero-order valence-electron chi connectivity index (χ0n) is 16.4. The second kappa shape index (κ2) is 7.89. The zero-order valence-corrected chi connectivity index (χ0v) is 17.2. The molecule has 0 fully saturated rings. The summed E-state index contributed by atoms with van der Waals surface area (Å²) >= 11 is 0. The lowest BCUT2D eigenvalue weighted by Gasteiger charge is -2.23. The number of rotatable bonds is 3. The molecule has 0 amide bonds. The van der Waals surface area contributed by atoms with Gasteiger partial charge < -0.3 is 5.73 Å². The first-order valence-electron chi connectivity index (χ1n) is 9.75. The standard InChI is InChI=1S/C23H22F2N2O2S/c1-14-7-9-15(10-8-14)30(28,29)20-12-11-17(16-4-2-6-19(24)21(16)25)22(26)18-5-3-13-27-23(18)20/h2-10,13,17,20,22H,11-12,26H2,1H3/t17-,20-,22-/m1/s1. The fourth-order valence-electron chi connectivity index (χ4n) is 4.19. The number of hydrogen-bond acceptors (Lipinski definition) is 4. The quantitative estimate of drug-likeness (QED) is 0.611. The summed E-state index contributed by atoms with van der Waals surface area (Å²) in [5.74, 6) is -2.45. The Kier molecular flexibility index (Phi) is 5.42. The zero-order chi connectivity index (χ0) is 21.5. The molecule has 156 valence electrons. The molecule has 7 heteroatoms. The van der Waals surface area contributed by atoms with Crippen LogP contribution in [0.15, 0.2) is 65.7 Å². The van der Waals surface area contributed by atoms with Gasteiger partial charge in [0.2, 0.25) is 0 Å². The molecule has 4 rings (SSSR count). The number of pyridine rings is 1. The third-order valence-electron chi connectivity index (χ3n) is 5.81. The molecule has 0 radical (unpaired) electrons. The van der Waals surface area contributed by atoms with Gasteiger partial charge in [-0.1, -0.05) is 35.9 Å². The molecule has 0 aliphatic heterocycles. The molecule has 1 aliphatic rings. The minimum Gasteiger partial charge on any atom is -0.323 e. The second-order valence-electron chi connectivity index (χ2n) is 7.68. The van der Waals surface area contributed by atoms with Gasteiger partial charge in [0.1, 0.15) is 5.25 Å². The largest absolute Gasteiger partial charge is 0.323 e. The third-order valence-corrected chi connectivity index (χ3v) is 7.95. The Morgan fingerprint density at radius 1 is 0.967 bits per heavy atom. The van der Waals surface area contributed by atoms with Crippen LogP contribution in [0.1, 0.15) is 52.4 Å². The van der Waals surface area contributed by atoms with E-state index in [0.717, 1.165) is 11.6 Å². The van der Waals surface area contributed by atoms with Crippen LogP contribution in [-0.2, 0) is 9.84 Å². The van der Waals surface area contributed by atoms with Gasteiger partial charge in [0.15, 0.2) is 21.5 Å². The van der Waals surface area contributed by atoms with E-state index in [1.165, 1.54) is 18.3 Å². The van der Waals surface area contributed by atoms with E-state index < -0.39 is 38.7 Å². The number of sulfone groups is 1. The van der Waals surface area contributed by atoms with Crippen molar-refractivity contribution >= 4 is 9.84 Å². The van der Waals surface area contributed by atoms with Gasteiger partial charge in [-0.15, -0.1) is 0 Å². The van der Waals surface area contributed by atoms with Gasteiger partial charge in [0, 0.05) is 18.2 Å². The molecule has 30 heavy (non-hydrogen) atoms. The molecule has 3 atom stereocenters. The van der Waals surface area contributed by atoms with Crippen molar-refractivity contribution in [1.82, 2.24) is 4.98 Å². The molecule has 0 bridgehead atoms. The summed E-state index contributed by atoms with van der Waals surface area (Å²) < 4.78 is 55.3. The van der Waals surface area contributed by atoms with Gasteiger partial charge in [-0.05, 0) is 55.2 Å². The van der Waals surface area contributed by atoms with E-state index in [1.807, 2.05) is 6.92 Å². The molecule has 2 N–H and O–H groups in total. The van der Waals surface area contributed by atoms with Gasteiger partial charge in [0.05, 0.1) is 10.6 Å². The number of hydrogen-bond donors (Lipinski definition) is 1. The van der Waals surface area contributed by atoms with Gasteiger partial charge in [-0.3, -0.25) is 4.98 Å². The van der Waals surface area contributed by atoms with Gasteiger partial charge >= 0.3 is 0 Å². The molecule has 2 aromatic carbocycles. The second-order valence-corrected chi connectivity index (χ2v) is 9.81. The van der Waals surface area contributed by atoms with Gasteiger partial charge in [0.25, 0.3) is 0 Å². The van der Waals surface area contributed by atoms with Crippen molar-refractivity contribution in [1.29, 1.82) is 0 Å². The minimum atomic E-state index is -3.75. The fraction of sp³-hybridized carbons (Fsp3) is 0.261. The predicted octanol–water partition coefficient (Wildman–Crippen LogP) is 4.76. The summed E-state index contributed by atoms with van der Waals surface area (Å²) in [7, 11) is -3.75. The van der Waals surface area contributed by atoms with Gasteiger partial charge in [-0.25, -0.2) is 17.2 Å². The maximum atomic E-state index is 14.5. The SMILES string of the molecule is Cc1ccc(S(=O)(=O)[C@@H]2CC[C@H](c3cccc(F)c3F)[C@@H](N)c3cccnc32)cc1. The molecule has 1 aromatic heterocycles. The molecule has 0 saturated carbocycles. The predicted molar refractivity (Wildman–Crippen MR) is 111 cm³/mol. The van der Waals surface area contributed by atoms with E-state index >= 15 is 0 Å². The Bertz CT molecular complexity index is 1180. The average Bonchev–Trinajstić information content (AvgIpc) is 2.88. The lowest BCUT2D eigenvalue weighted by molar-refractivity contribution is 0.453. The van der Waals surface area contributed by atoms with Crippen molar-refractivity contribution in [2.24, 2.45) is 5.73 Å². The van der Waals surface area contributed by atoms with Crippen LogP contribution in [0.5, 0.6) is 0 Å². The molecule has 1 aliphatic carbocycles. The van der Waals surface area contributed by atoms with Crippen molar-refractivity contribution < 1.29 is 17.2 Å². The van der Waals surface area contributed by atoms with Crippen LogP contribution in [0.25, 0.3) is 0 Å². The average molecular weight is 429 g/mol. The van der Waals surface area contributed by atoms with E-state index in [2.05, 4.69) is 4.98 Å². The number of halogens is 2. The lowest BCUT2D eigenvalue weighted by Crippen LogP contribution is -2.21. The molecule has 0 spiro atoms. The Morgan fingerprint density at radius 3 is 2.40 bits per heavy atom. The normalized spacial score (nSPS) is 21.7. The Hall–Kier alpha value is -2.64. The molecule has 1 heterocycles. The van der Waals surface area contributed by atoms with Crippen LogP contribution in [0.4, 0.5) is 8.78 Å². The number of benzene rings is 2. The maximum Gasteiger partial charge on any atom is 0.186 e. The lowest BCUT2D eigenvalue weighted by atomic mass is 9.86. The van der Waals surface area contributed by atoms with E-state index in [0.29, 0.717) is 11.3 Å². The molecule has 4 nitrogen and oxygen atoms in total. The van der Waals surface area contributed by atoms with Gasteiger partial charge in [-0.2, -0.15) is 0 Å². The smallest absolute Gasteiger partial charge is 0.186 e. The summed E-state index contributed by atoms with van der Waals surface area (Å²) in [4.78, 5) is 4.57. The van der Waals surface area contributed by atoms with Crippen LogP contribution >= 0.6 is 0 Å². The number of aryl methyl sites for hydroxylation is 1. The molecule has 0 saturated heterocycles. The number of nitrogens with zero attached hydrogens (tertiary/aromatic N) is 1. The number of aromatic nitrogens is 1. The van der Waals surface area contributed by atoms with Crippen molar-refractivity contribution in [3.05, 3.63) is 94.8 Å². The molecule has 3 aromatic rings. The van der Waals surface area contributed by atoms with Crippen molar-refractivity contribution in [3.63, 3.8) is 0 Å². The topological polar surface area (TPSA) is 73.0 Å². The number of fused-ring (bicyclic) bond motifs is 1. The maximum absolute atomic E-state index is 14.5. The summed E-state index contributed by atoms with van der Waals surface area (Å²) in [5.41, 5.74) is 8.52. The highest BCUT2D eigenvalue weighted by atomic mass is 32.2. The third kappa shape index (κ3) is 3.52. The van der Waals surface area contributed by atoms with Crippen LogP contribution < -0.4 is 5.73 Å². The van der Waals surface area contributed by atoms with Crippen LogP contribution in [0, 0.1) is 18.6 Å². The van der Waals surface area contributed by atoms with E-state index in [1.54, 1.807) is 36.4 Å². The summed E-state index contributed by atoms with van der Waals surface area (Å²) in [6.45, 7) is 1.88. The first-order valence-corrected chi connectivity index (χ1v) is 11.3. The minimum absolute atomic E-state index is 0.158. The Balaban J connectivity index is 1.82. The van der Waals surface area contributed by atoms with E-state index in [-0.39, 0.29) is 23.3 Å². The number of nitrogens with two attached hydrogens (primary N) is 1. The Morgan fingerprint density at radius 2 is 1.67 bits per heavy atom. The fourth-order valence-corrected chi connectivity index (χ4v) is 5.98. The van der Waals surface area contributed by atoms with Crippen molar-refractivity contribution in [2.75, 3.05) is 0 Å². The van der Waals surface area contributed by atoms with Crippen molar-refractivity contribution in [2.45, 2.75) is 41.9 Å². The summed E-state index contributed by atoms with van der Waals surface area (Å²) in [6, 6.07) is 13.4. The first-order chi connectivity index (χ1) is 14.3. The highest BCUT2D eigenvalue weighted by Gasteiger charge is 2.39. The highest BCUT2D eigenvalue weighted by Crippen LogP contribution is 2.45. The molecular weight excluding hydrogens is 406 g/mol. The van der Waals surface area contributed by atoms with Crippen LogP contribution in [-0.4, -0.2) is 13.4 Å². The highest BCUT2D eigenvalue weighted by molar-refractivity contribution is 7.91. The Labute approximate surface area is 174 Å². The first kappa shape index (κ1) is 20.6. The monoisotopic (exact) mass is 428 g/mol. The van der Waals surface area contributed by atoms with Crippen LogP contribution in [0.2, 0.25) is 0 Å². The molecule has 0 unspecified atom stereocenters. The van der Waals surface area contributed by atoms with Crippen molar-refractivity contribution in [3.8, 4) is 0 Å². The molecular formula is C23H22F2N2O2S. The summed E-state index contributed by atoms with van der Waals surface area (Å²) in [6.07, 6.45) is 2.02. The van der Waals surface area contributed by atoms with E-state index in [4.69, 9.17) is 5.73 Å². The van der Waals surface area contributed by atoms with Crippen LogP contribution in [0.3, 0.4) is 0 Å².